The number of fused-ring (bicyclic) bond motifs is 1. The summed E-state index contributed by atoms with van der Waals surface area (Å²) in [5.74, 6) is 2.64. The molecule has 6 rings (SSSR count). The van der Waals surface area contributed by atoms with Crippen LogP contribution >= 0.6 is 11.3 Å². The quantitative estimate of drug-likeness (QED) is 0.125. The summed E-state index contributed by atoms with van der Waals surface area (Å²) in [6.45, 7) is 7.56. The van der Waals surface area contributed by atoms with Crippen molar-refractivity contribution >= 4 is 34.5 Å². The zero-order chi connectivity index (χ0) is 32.8. The molecule has 0 aliphatic carbocycles. The van der Waals surface area contributed by atoms with E-state index in [0.29, 0.717) is 40.0 Å². The average Bonchev–Trinajstić information content (AvgIpc) is 3.78. The minimum absolute atomic E-state index is 0.231. The molecule has 0 amide bonds. The monoisotopic (exact) mass is 647 g/mol. The van der Waals surface area contributed by atoms with Crippen molar-refractivity contribution < 1.29 is 14.2 Å². The number of para-hydroxylation sites is 1. The van der Waals surface area contributed by atoms with Crippen molar-refractivity contribution in [1.29, 1.82) is 0 Å². The van der Waals surface area contributed by atoms with Crippen molar-refractivity contribution in [2.75, 3.05) is 20.3 Å². The first-order valence-electron chi connectivity index (χ1n) is 15.8. The number of unbranched alkanes of at least 4 members (excludes halogenated alkanes) is 1. The van der Waals surface area contributed by atoms with E-state index in [4.69, 9.17) is 19.3 Å². The van der Waals surface area contributed by atoms with Crippen LogP contribution in [0, 0.1) is 6.92 Å². The molecule has 47 heavy (non-hydrogen) atoms. The number of hydrogen-bond acceptors (Lipinski definition) is 8. The van der Waals surface area contributed by atoms with Crippen LogP contribution in [0.3, 0.4) is 0 Å². The van der Waals surface area contributed by atoms with Crippen LogP contribution < -0.4 is 24.3 Å². The fraction of sp³-hybridized carbons (Fsp3) is 0.243. The van der Waals surface area contributed by atoms with Gasteiger partial charge in [0.05, 0.1) is 30.5 Å². The SMILES string of the molecule is CCCCOc1ccc(/C=C/c2nc3s/c(=C\c4cn(-c5ccccc5)nc4-c4ccc(OCCC)cc4C)c(=O)n3n2)cc1OC. The van der Waals surface area contributed by atoms with Crippen LogP contribution in [-0.2, 0) is 0 Å². The van der Waals surface area contributed by atoms with Crippen molar-refractivity contribution in [3.05, 3.63) is 110 Å². The highest BCUT2D eigenvalue weighted by molar-refractivity contribution is 7.15. The van der Waals surface area contributed by atoms with Gasteiger partial charge < -0.3 is 14.2 Å². The number of rotatable bonds is 13. The molecule has 0 radical (unpaired) electrons. The molecule has 0 bridgehead atoms. The maximum absolute atomic E-state index is 13.5. The Morgan fingerprint density at radius 2 is 1.74 bits per heavy atom. The van der Waals surface area contributed by atoms with Crippen molar-refractivity contribution in [1.82, 2.24) is 24.4 Å². The second-order valence-electron chi connectivity index (χ2n) is 11.1. The van der Waals surface area contributed by atoms with Crippen LogP contribution in [0.4, 0.5) is 0 Å². The summed E-state index contributed by atoms with van der Waals surface area (Å²) in [4.78, 5) is 18.7. The number of thiazole rings is 1. The van der Waals surface area contributed by atoms with E-state index in [1.54, 1.807) is 13.2 Å². The number of hydrogen-bond donors (Lipinski definition) is 0. The van der Waals surface area contributed by atoms with Gasteiger partial charge in [-0.2, -0.15) is 14.6 Å². The normalized spacial score (nSPS) is 12.0. The molecular weight excluding hydrogens is 611 g/mol. The number of aryl methyl sites for hydroxylation is 1. The molecule has 0 unspecified atom stereocenters. The standard InChI is InChI=1S/C37H37N5O4S/c1-5-7-20-46-31-17-13-26(22-32(31)44-4)14-18-34-38-37-42(39-34)36(43)33(47-37)23-27-24-41(28-11-9-8-10-12-28)40-35(27)30-16-15-29(21-25(30)3)45-19-6-2/h8-18,21-24H,5-7,19-20H2,1-4H3/b18-14+,33-23-. The smallest absolute Gasteiger partial charge is 0.291 e. The Hall–Kier alpha value is -5.22. The number of benzene rings is 3. The van der Waals surface area contributed by atoms with E-state index in [-0.39, 0.29) is 5.56 Å². The van der Waals surface area contributed by atoms with Gasteiger partial charge in [-0.1, -0.05) is 61.9 Å². The van der Waals surface area contributed by atoms with Crippen LogP contribution in [-0.4, -0.2) is 44.7 Å². The molecule has 0 saturated heterocycles. The van der Waals surface area contributed by atoms with Gasteiger partial charge in [0.25, 0.3) is 5.56 Å². The number of nitrogens with zero attached hydrogens (tertiary/aromatic N) is 5. The highest BCUT2D eigenvalue weighted by Gasteiger charge is 2.16. The Balaban J connectivity index is 1.32. The first-order valence-corrected chi connectivity index (χ1v) is 16.6. The summed E-state index contributed by atoms with van der Waals surface area (Å²) in [7, 11) is 1.63. The fourth-order valence-corrected chi connectivity index (χ4v) is 6.00. The first kappa shape index (κ1) is 31.7. The molecule has 3 aromatic carbocycles. The maximum Gasteiger partial charge on any atom is 0.291 e. The zero-order valence-corrected chi connectivity index (χ0v) is 27.8. The van der Waals surface area contributed by atoms with E-state index in [1.165, 1.54) is 15.9 Å². The Morgan fingerprint density at radius 1 is 0.894 bits per heavy atom. The molecule has 0 N–H and O–H groups in total. The third kappa shape index (κ3) is 7.12. The molecule has 0 atom stereocenters. The molecule has 0 saturated carbocycles. The Morgan fingerprint density at radius 3 is 2.49 bits per heavy atom. The van der Waals surface area contributed by atoms with Gasteiger partial charge in [0.1, 0.15) is 11.4 Å². The van der Waals surface area contributed by atoms with E-state index < -0.39 is 0 Å². The Kier molecular flexibility index (Phi) is 9.78. The second-order valence-corrected chi connectivity index (χ2v) is 12.1. The lowest BCUT2D eigenvalue weighted by atomic mass is 10.0. The lowest BCUT2D eigenvalue weighted by Gasteiger charge is -2.10. The van der Waals surface area contributed by atoms with E-state index in [0.717, 1.165) is 58.6 Å². The Bertz CT molecular complexity index is 2130. The summed E-state index contributed by atoms with van der Waals surface area (Å²) in [5, 5.41) is 9.44. The first-order chi connectivity index (χ1) is 23.0. The molecule has 3 aromatic heterocycles. The third-order valence-electron chi connectivity index (χ3n) is 7.54. The van der Waals surface area contributed by atoms with Gasteiger partial charge in [0.2, 0.25) is 4.96 Å². The number of methoxy groups -OCH3 is 1. The van der Waals surface area contributed by atoms with Gasteiger partial charge >= 0.3 is 0 Å². The number of ether oxygens (including phenoxy) is 3. The van der Waals surface area contributed by atoms with Gasteiger partial charge in [0, 0.05) is 17.3 Å². The van der Waals surface area contributed by atoms with Crippen LogP contribution in [0.15, 0.2) is 77.7 Å². The highest BCUT2D eigenvalue weighted by atomic mass is 32.1. The summed E-state index contributed by atoms with van der Waals surface area (Å²) < 4.78 is 20.9. The van der Waals surface area contributed by atoms with Gasteiger partial charge in [-0.3, -0.25) is 4.79 Å². The molecule has 0 spiro atoms. The lowest BCUT2D eigenvalue weighted by molar-refractivity contribution is 0.288. The molecule has 0 fully saturated rings. The predicted molar refractivity (Wildman–Crippen MR) is 188 cm³/mol. The van der Waals surface area contributed by atoms with E-state index >= 15 is 0 Å². The van der Waals surface area contributed by atoms with Crippen molar-refractivity contribution in [3.8, 4) is 34.2 Å². The molecule has 0 aliphatic heterocycles. The maximum atomic E-state index is 13.5. The van der Waals surface area contributed by atoms with Gasteiger partial charge in [-0.25, -0.2) is 4.68 Å². The molecule has 240 valence electrons. The van der Waals surface area contributed by atoms with E-state index in [1.807, 2.05) is 96.7 Å². The van der Waals surface area contributed by atoms with Crippen molar-refractivity contribution in [2.45, 2.75) is 40.0 Å². The van der Waals surface area contributed by atoms with Crippen LogP contribution in [0.5, 0.6) is 17.2 Å². The highest BCUT2D eigenvalue weighted by Crippen LogP contribution is 2.31. The minimum atomic E-state index is -0.231. The van der Waals surface area contributed by atoms with Crippen molar-refractivity contribution in [3.63, 3.8) is 0 Å². The Labute approximate surface area is 277 Å². The molecule has 0 aliphatic rings. The summed E-state index contributed by atoms with van der Waals surface area (Å²) in [5.41, 5.74) is 5.18. The average molecular weight is 648 g/mol. The zero-order valence-electron chi connectivity index (χ0n) is 27.0. The van der Waals surface area contributed by atoms with Crippen LogP contribution in [0.2, 0.25) is 0 Å². The van der Waals surface area contributed by atoms with E-state index in [2.05, 4.69) is 23.9 Å². The molecule has 9 nitrogen and oxygen atoms in total. The minimum Gasteiger partial charge on any atom is -0.494 e. The van der Waals surface area contributed by atoms with Crippen LogP contribution in [0.1, 0.15) is 55.6 Å². The topological polar surface area (TPSA) is 92.8 Å². The van der Waals surface area contributed by atoms with Crippen molar-refractivity contribution in [2.24, 2.45) is 0 Å². The van der Waals surface area contributed by atoms with Gasteiger partial charge in [-0.05, 0) is 85.5 Å². The largest absolute Gasteiger partial charge is 0.494 e. The molecule has 3 heterocycles. The molecular formula is C37H37N5O4S. The fourth-order valence-electron chi connectivity index (χ4n) is 5.09. The van der Waals surface area contributed by atoms with Gasteiger partial charge in [0.15, 0.2) is 17.3 Å². The number of aromatic nitrogens is 5. The molecule has 10 heteroatoms. The summed E-state index contributed by atoms with van der Waals surface area (Å²) >= 11 is 1.30. The summed E-state index contributed by atoms with van der Waals surface area (Å²) in [6.07, 6.45) is 10.5. The predicted octanol–water partition coefficient (Wildman–Crippen LogP) is 7.01. The van der Waals surface area contributed by atoms with E-state index in [9.17, 15) is 4.79 Å². The third-order valence-corrected chi connectivity index (χ3v) is 8.50. The van der Waals surface area contributed by atoms with Gasteiger partial charge in [-0.15, -0.1) is 5.10 Å². The lowest BCUT2D eigenvalue weighted by Crippen LogP contribution is -2.23. The second kappa shape index (κ2) is 14.5. The molecule has 6 aromatic rings. The van der Waals surface area contributed by atoms with Crippen LogP contribution in [0.25, 0.3) is 40.1 Å². The summed E-state index contributed by atoms with van der Waals surface area (Å²) in [6, 6.07) is 21.7.